The Balaban J connectivity index is 1.66. The number of ether oxygens (including phenoxy) is 4. The summed E-state index contributed by atoms with van der Waals surface area (Å²) >= 11 is -2.35. The molecule has 0 radical (unpaired) electrons. The number of carbonyl (C=O) groups excluding carboxylic acids is 2. The summed E-state index contributed by atoms with van der Waals surface area (Å²) in [5.74, 6) is 1.06. The monoisotopic (exact) mass is 580 g/mol. The Kier molecular flexibility index (Phi) is 9.22. The van der Waals surface area contributed by atoms with Gasteiger partial charge in [-0.3, -0.25) is 10.1 Å². The Morgan fingerprint density at radius 2 is 1.78 bits per heavy atom. The van der Waals surface area contributed by atoms with Crippen molar-refractivity contribution in [3.05, 3.63) is 78.0 Å². The quantitative estimate of drug-likeness (QED) is 0.201. The Bertz CT molecular complexity index is 1610. The van der Waals surface area contributed by atoms with E-state index in [0.29, 0.717) is 39.9 Å². The van der Waals surface area contributed by atoms with E-state index in [2.05, 4.69) is 20.4 Å². The minimum Gasteiger partial charge on any atom is -0.493 e. The lowest BCUT2D eigenvalue weighted by atomic mass is 10.1. The second-order valence-electron chi connectivity index (χ2n) is 8.60. The van der Waals surface area contributed by atoms with Gasteiger partial charge in [0.05, 0.1) is 26.2 Å². The van der Waals surface area contributed by atoms with E-state index in [1.54, 1.807) is 48.7 Å². The summed E-state index contributed by atoms with van der Waals surface area (Å²) in [7, 11) is 4.19. The second kappa shape index (κ2) is 13.0. The van der Waals surface area contributed by atoms with E-state index in [0.717, 1.165) is 10.8 Å². The summed E-state index contributed by atoms with van der Waals surface area (Å²) < 4.78 is 43.2. The molecule has 0 saturated carbocycles. The van der Waals surface area contributed by atoms with E-state index in [-0.39, 0.29) is 11.4 Å². The van der Waals surface area contributed by atoms with Crippen LogP contribution in [-0.4, -0.2) is 47.1 Å². The first-order valence-electron chi connectivity index (χ1n) is 12.1. The van der Waals surface area contributed by atoms with Gasteiger partial charge < -0.3 is 34.6 Å². The van der Waals surface area contributed by atoms with Gasteiger partial charge >= 0.3 is 6.09 Å². The maximum Gasteiger partial charge on any atom is 0.411 e. The molecular weight excluding hydrogens is 552 g/mol. The number of hydrogen-bond acceptors (Lipinski definition) is 9. The van der Waals surface area contributed by atoms with Gasteiger partial charge in [-0.15, -0.1) is 0 Å². The Morgan fingerprint density at radius 1 is 1.00 bits per heavy atom. The van der Waals surface area contributed by atoms with Crippen molar-refractivity contribution >= 4 is 45.4 Å². The summed E-state index contributed by atoms with van der Waals surface area (Å²) in [4.78, 5) is 29.4. The van der Waals surface area contributed by atoms with Crippen LogP contribution >= 0.6 is 0 Å². The highest BCUT2D eigenvalue weighted by Crippen LogP contribution is 2.33. The van der Waals surface area contributed by atoms with E-state index in [1.165, 1.54) is 39.5 Å². The predicted octanol–water partition coefficient (Wildman–Crippen LogP) is 4.03. The van der Waals surface area contributed by atoms with Crippen molar-refractivity contribution in [2.75, 3.05) is 32.4 Å². The van der Waals surface area contributed by atoms with Crippen LogP contribution < -0.4 is 30.6 Å². The van der Waals surface area contributed by atoms with Crippen LogP contribution in [0.3, 0.4) is 0 Å². The number of nitrogen functional groups attached to an aromatic ring is 1. The highest BCUT2D eigenvalue weighted by Gasteiger charge is 2.25. The van der Waals surface area contributed by atoms with Crippen LogP contribution in [0.25, 0.3) is 10.8 Å². The van der Waals surface area contributed by atoms with E-state index >= 15 is 0 Å². The van der Waals surface area contributed by atoms with Crippen molar-refractivity contribution in [1.82, 2.24) is 10.3 Å². The molecule has 1 heterocycles. The maximum absolute atomic E-state index is 13.6. The number of nitrogens with zero attached hydrogens (tertiary/aromatic N) is 1. The lowest BCUT2D eigenvalue weighted by Gasteiger charge is -2.21. The third kappa shape index (κ3) is 6.83. The fourth-order valence-electron chi connectivity index (χ4n) is 4.09. The molecule has 0 aliphatic heterocycles. The summed E-state index contributed by atoms with van der Waals surface area (Å²) in [6, 6.07) is 16.2. The largest absolute Gasteiger partial charge is 0.493 e. The molecule has 2 unspecified atom stereocenters. The molecule has 2 amide bonds. The number of carbonyl (C=O) groups is 2. The van der Waals surface area contributed by atoms with Gasteiger partial charge in [0.15, 0.2) is 22.6 Å². The molecular formula is C28H28N4O8S. The zero-order valence-electron chi connectivity index (χ0n) is 22.4. The topological polar surface area (TPSA) is 171 Å². The van der Waals surface area contributed by atoms with Crippen LogP contribution in [0, 0.1) is 0 Å². The maximum atomic E-state index is 13.6. The van der Waals surface area contributed by atoms with Crippen LogP contribution in [0.15, 0.2) is 71.8 Å². The molecule has 5 N–H and O–H groups in total. The molecule has 4 rings (SSSR count). The number of aromatic nitrogens is 1. The van der Waals surface area contributed by atoms with Crippen molar-refractivity contribution in [3.63, 3.8) is 0 Å². The molecule has 2 atom stereocenters. The number of fused-ring (bicyclic) bond motifs is 1. The molecule has 0 aliphatic rings. The van der Waals surface area contributed by atoms with Crippen molar-refractivity contribution in [1.29, 1.82) is 0 Å². The van der Waals surface area contributed by atoms with Gasteiger partial charge in [0, 0.05) is 29.4 Å². The van der Waals surface area contributed by atoms with Gasteiger partial charge in [0.1, 0.15) is 11.6 Å². The highest BCUT2D eigenvalue weighted by atomic mass is 32.2. The van der Waals surface area contributed by atoms with Gasteiger partial charge in [-0.2, -0.15) is 0 Å². The summed E-state index contributed by atoms with van der Waals surface area (Å²) in [5.41, 5.74) is 7.04. The molecule has 1 aromatic heterocycles. The third-order valence-corrected chi connectivity index (χ3v) is 6.88. The van der Waals surface area contributed by atoms with Crippen LogP contribution in [0.1, 0.15) is 17.2 Å². The summed E-state index contributed by atoms with van der Waals surface area (Å²) in [6.45, 7) is -0.149. The Hall–Kier alpha value is -4.88. The third-order valence-electron chi connectivity index (χ3n) is 6.10. The van der Waals surface area contributed by atoms with Gasteiger partial charge in [-0.05, 0) is 65.5 Å². The van der Waals surface area contributed by atoms with Crippen molar-refractivity contribution in [3.8, 4) is 17.2 Å². The molecule has 0 bridgehead atoms. The average molecular weight is 581 g/mol. The lowest BCUT2D eigenvalue weighted by molar-refractivity contribution is -0.128. The number of rotatable bonds is 10. The Morgan fingerprint density at radius 3 is 2.49 bits per heavy atom. The number of pyridine rings is 1. The summed E-state index contributed by atoms with van der Waals surface area (Å²) in [6.07, 6.45) is -0.301. The smallest absolute Gasteiger partial charge is 0.411 e. The highest BCUT2D eigenvalue weighted by molar-refractivity contribution is 7.79. The number of methoxy groups -OCH3 is 3. The van der Waals surface area contributed by atoms with E-state index in [4.69, 9.17) is 19.9 Å². The van der Waals surface area contributed by atoms with Gasteiger partial charge in [0.2, 0.25) is 6.10 Å². The molecule has 4 aromatic rings. The fraction of sp³-hybridized carbons (Fsp3) is 0.179. The van der Waals surface area contributed by atoms with Crippen molar-refractivity contribution in [2.45, 2.75) is 17.5 Å². The van der Waals surface area contributed by atoms with Crippen LogP contribution in [0.5, 0.6) is 17.2 Å². The number of hydrogen-bond donors (Lipinski definition) is 4. The molecule has 13 heteroatoms. The first kappa shape index (κ1) is 29.1. The fourth-order valence-corrected chi connectivity index (χ4v) is 4.63. The number of anilines is 2. The number of amides is 2. The van der Waals surface area contributed by atoms with E-state index < -0.39 is 29.2 Å². The first-order valence-corrected chi connectivity index (χ1v) is 13.2. The minimum absolute atomic E-state index is 0.0602. The number of nitrogens with two attached hydrogens (primary N) is 1. The number of benzene rings is 3. The van der Waals surface area contributed by atoms with Gasteiger partial charge in [-0.25, -0.2) is 14.0 Å². The minimum atomic E-state index is -2.35. The first-order chi connectivity index (χ1) is 19.7. The van der Waals surface area contributed by atoms with Crippen LogP contribution in [0.2, 0.25) is 0 Å². The van der Waals surface area contributed by atoms with E-state index in [1.807, 2.05) is 0 Å². The zero-order valence-corrected chi connectivity index (χ0v) is 23.2. The number of nitrogens with one attached hydrogen (secondary N) is 2. The molecule has 3 aromatic carbocycles. The molecule has 0 saturated heterocycles. The van der Waals surface area contributed by atoms with Crippen LogP contribution in [-0.2, 0) is 27.2 Å². The molecule has 0 spiro atoms. The average Bonchev–Trinajstić information content (AvgIpc) is 2.98. The molecule has 41 heavy (non-hydrogen) atoms. The van der Waals surface area contributed by atoms with Crippen molar-refractivity contribution < 1.29 is 37.3 Å². The lowest BCUT2D eigenvalue weighted by Crippen LogP contribution is -2.32. The van der Waals surface area contributed by atoms with Gasteiger partial charge in [0.25, 0.3) is 5.91 Å². The normalized spacial score (nSPS) is 12.2. The standard InChI is InChI=1S/C28H28N4O8S/c1-37-22-8-4-17(14-23(22)38-2)25(40-20-6-7-21-16(13-20)10-11-30-26(21)29)27(33)31-15-18-12-19(32-28(34)39-3)5-9-24(18)41(35)36/h4-14,25H,15H2,1-3H3,(H2,29,30)(H,31,33)(H,32,34)(H,35,36). The molecule has 0 fully saturated rings. The predicted molar refractivity (Wildman–Crippen MR) is 152 cm³/mol. The second-order valence-corrected chi connectivity index (χ2v) is 9.54. The van der Waals surface area contributed by atoms with Crippen molar-refractivity contribution in [2.24, 2.45) is 0 Å². The zero-order chi connectivity index (χ0) is 29.5. The molecule has 0 aliphatic carbocycles. The van der Waals surface area contributed by atoms with Gasteiger partial charge in [-0.1, -0.05) is 6.07 Å². The molecule has 214 valence electrons. The summed E-state index contributed by atoms with van der Waals surface area (Å²) in [5, 5.41) is 6.76. The SMILES string of the molecule is COC(=O)Nc1ccc(S(=O)O)c(CNC(=O)C(Oc2ccc3c(N)nccc3c2)c2ccc(OC)c(OC)c2)c1. The van der Waals surface area contributed by atoms with Crippen LogP contribution in [0.4, 0.5) is 16.3 Å². The Labute approximate surface area is 238 Å². The molecule has 12 nitrogen and oxygen atoms in total. The van der Waals surface area contributed by atoms with E-state index in [9.17, 15) is 18.4 Å².